The summed E-state index contributed by atoms with van der Waals surface area (Å²) in [5, 5.41) is 20.0. The van der Waals surface area contributed by atoms with Gasteiger partial charge in [-0.1, -0.05) is 29.3 Å². The zero-order valence-corrected chi connectivity index (χ0v) is 20.2. The zero-order chi connectivity index (χ0) is 23.3. The fraction of sp³-hybridized carbons (Fsp3) is 0.190. The van der Waals surface area contributed by atoms with Crippen LogP contribution in [0, 0.1) is 0 Å². The van der Waals surface area contributed by atoms with Gasteiger partial charge in [0, 0.05) is 19.0 Å². The van der Waals surface area contributed by atoms with Crippen LogP contribution in [0.4, 0.5) is 0 Å². The summed E-state index contributed by atoms with van der Waals surface area (Å²) >= 11 is 14.4. The number of nitrogens with one attached hydrogen (secondary N) is 2. The van der Waals surface area contributed by atoms with E-state index < -0.39 is 5.91 Å². The van der Waals surface area contributed by atoms with Crippen molar-refractivity contribution in [2.75, 3.05) is 20.3 Å². The first kappa shape index (κ1) is 28.4. The van der Waals surface area contributed by atoms with Crippen LogP contribution in [0.2, 0.25) is 10.0 Å². The Bertz CT molecular complexity index is 1180. The Morgan fingerprint density at radius 2 is 1.82 bits per heavy atom. The molecule has 0 atom stereocenters. The van der Waals surface area contributed by atoms with Crippen LogP contribution in [0.1, 0.15) is 31.8 Å². The van der Waals surface area contributed by atoms with E-state index >= 15 is 0 Å². The summed E-state index contributed by atoms with van der Waals surface area (Å²) in [6.07, 6.45) is 0. The van der Waals surface area contributed by atoms with Crippen molar-refractivity contribution in [1.29, 1.82) is 0 Å². The van der Waals surface area contributed by atoms with Crippen molar-refractivity contribution in [2.45, 2.75) is 6.92 Å². The molecule has 7 nitrogen and oxygen atoms in total. The molecule has 2 heterocycles. The van der Waals surface area contributed by atoms with Gasteiger partial charge in [0.25, 0.3) is 11.8 Å². The maximum absolute atomic E-state index is 12.4. The molecule has 0 aliphatic carbocycles. The molecule has 0 saturated heterocycles. The normalized spacial score (nSPS) is 11.1. The van der Waals surface area contributed by atoms with Gasteiger partial charge in [-0.15, -0.1) is 22.7 Å². The molecule has 1 aromatic carbocycles. The molecule has 0 aliphatic rings. The van der Waals surface area contributed by atoms with E-state index in [1.165, 1.54) is 11.3 Å². The summed E-state index contributed by atoms with van der Waals surface area (Å²) in [7, 11) is 1.55. The number of methoxy groups -OCH3 is 1. The molecule has 170 valence electrons. The maximum atomic E-state index is 12.4. The van der Waals surface area contributed by atoms with Crippen molar-refractivity contribution in [2.24, 2.45) is 5.10 Å². The van der Waals surface area contributed by atoms with Crippen LogP contribution in [0.5, 0.6) is 5.75 Å². The average Bonchev–Trinajstić information content (AvgIpc) is 3.41. The molecule has 3 aromatic rings. The van der Waals surface area contributed by atoms with Gasteiger partial charge in [0.15, 0.2) is 0 Å². The van der Waals surface area contributed by atoms with E-state index in [1.807, 2.05) is 0 Å². The second-order valence-electron chi connectivity index (χ2n) is 6.51. The first-order chi connectivity index (χ1) is 15.3. The molecule has 2 amide bonds. The SMILES string of the molecule is COCCNC(=O)c1ccc(C(=O)N/N=C(/C)c2csc(-c3ccc(Cl)c(Cl)c3)c2O)s1.[KH]. The van der Waals surface area contributed by atoms with Gasteiger partial charge in [-0.3, -0.25) is 9.59 Å². The molecule has 0 spiro atoms. The molecule has 0 saturated carbocycles. The first-order valence-electron chi connectivity index (χ1n) is 9.29. The third-order valence-electron chi connectivity index (χ3n) is 4.31. The van der Waals surface area contributed by atoms with Crippen molar-refractivity contribution >= 4 is 115 Å². The van der Waals surface area contributed by atoms with Crippen LogP contribution in [0.15, 0.2) is 40.8 Å². The van der Waals surface area contributed by atoms with E-state index in [0.29, 0.717) is 49.1 Å². The van der Waals surface area contributed by atoms with E-state index in [1.54, 1.807) is 49.7 Å². The second kappa shape index (κ2) is 13.3. The molecule has 0 unspecified atom stereocenters. The Labute approximate surface area is 251 Å². The Hall–Kier alpha value is -0.794. The third-order valence-corrected chi connectivity index (χ3v) is 7.15. The summed E-state index contributed by atoms with van der Waals surface area (Å²) in [5.74, 6) is -0.691. The molecular formula is C21H20Cl2KN3O4S2. The van der Waals surface area contributed by atoms with Crippen LogP contribution in [-0.2, 0) is 4.74 Å². The number of hydrogen-bond donors (Lipinski definition) is 3. The van der Waals surface area contributed by atoms with Gasteiger partial charge in [0.1, 0.15) is 5.75 Å². The monoisotopic (exact) mass is 551 g/mol. The van der Waals surface area contributed by atoms with E-state index in [2.05, 4.69) is 15.8 Å². The molecule has 2 aromatic heterocycles. The molecule has 3 rings (SSSR count). The molecule has 3 N–H and O–H groups in total. The summed E-state index contributed by atoms with van der Waals surface area (Å²) in [5.41, 5.74) is 4.09. The number of ether oxygens (including phenoxy) is 1. The summed E-state index contributed by atoms with van der Waals surface area (Å²) in [6, 6.07) is 8.23. The second-order valence-corrected chi connectivity index (χ2v) is 9.28. The summed E-state index contributed by atoms with van der Waals surface area (Å²) in [6.45, 7) is 2.46. The fourth-order valence-corrected chi connectivity index (χ4v) is 4.75. The number of aromatic hydroxyl groups is 1. The number of halogens is 2. The quantitative estimate of drug-likeness (QED) is 0.167. The van der Waals surface area contributed by atoms with E-state index in [0.717, 1.165) is 16.9 Å². The van der Waals surface area contributed by atoms with E-state index in [9.17, 15) is 14.7 Å². The van der Waals surface area contributed by atoms with Gasteiger partial charge >= 0.3 is 51.4 Å². The molecule has 0 fully saturated rings. The Morgan fingerprint density at radius 1 is 1.12 bits per heavy atom. The van der Waals surface area contributed by atoms with Gasteiger partial charge in [0.05, 0.1) is 42.6 Å². The van der Waals surface area contributed by atoms with Crippen molar-refractivity contribution in [3.05, 3.63) is 61.1 Å². The summed E-state index contributed by atoms with van der Waals surface area (Å²) in [4.78, 5) is 25.8. The van der Waals surface area contributed by atoms with Crippen LogP contribution in [-0.4, -0.2) is 94.3 Å². The standard InChI is InChI=1S/C21H19Cl2N3O4S2.K.H/c1-11(13-10-31-19(18(13)27)12-3-4-14(22)15(23)9-12)25-26-21(29)17-6-5-16(32-17)20(28)24-7-8-30-2;;/h3-6,9-10,27H,7-8H2,1-2H3,(H,24,28)(H,26,29);;/b25-11-;;. The Morgan fingerprint density at radius 3 is 2.48 bits per heavy atom. The van der Waals surface area contributed by atoms with Gasteiger partial charge in [-0.05, 0) is 36.8 Å². The van der Waals surface area contributed by atoms with Gasteiger partial charge in [-0.25, -0.2) is 5.43 Å². The summed E-state index contributed by atoms with van der Waals surface area (Å²) < 4.78 is 4.89. The van der Waals surface area contributed by atoms with Crippen molar-refractivity contribution in [1.82, 2.24) is 10.7 Å². The molecule has 12 heteroatoms. The van der Waals surface area contributed by atoms with Gasteiger partial charge < -0.3 is 15.2 Å². The number of carbonyl (C=O) groups excluding carboxylic acids is 2. The minimum absolute atomic E-state index is 0. The van der Waals surface area contributed by atoms with Crippen LogP contribution in [0.25, 0.3) is 10.4 Å². The molecule has 0 aliphatic heterocycles. The molecule has 0 radical (unpaired) electrons. The number of hydrogen-bond acceptors (Lipinski definition) is 7. The molecule has 0 bridgehead atoms. The third kappa shape index (κ3) is 7.34. The van der Waals surface area contributed by atoms with Crippen LogP contribution in [0.3, 0.4) is 0 Å². The van der Waals surface area contributed by atoms with Crippen LogP contribution >= 0.6 is 45.9 Å². The topological polar surface area (TPSA) is 100 Å². The van der Waals surface area contributed by atoms with Crippen molar-refractivity contribution in [3.63, 3.8) is 0 Å². The Kier molecular flexibility index (Phi) is 11.5. The number of benzene rings is 1. The van der Waals surface area contributed by atoms with Crippen molar-refractivity contribution < 1.29 is 19.4 Å². The number of nitrogens with zero attached hydrogens (tertiary/aromatic N) is 1. The number of hydrazone groups is 1. The Balaban J connectivity index is 0.00000385. The minimum atomic E-state index is -0.454. The van der Waals surface area contributed by atoms with Crippen molar-refractivity contribution in [3.8, 4) is 16.2 Å². The first-order valence-corrected chi connectivity index (χ1v) is 11.7. The predicted molar refractivity (Wildman–Crippen MR) is 137 cm³/mol. The molecular weight excluding hydrogens is 532 g/mol. The van der Waals surface area contributed by atoms with E-state index in [-0.39, 0.29) is 63.0 Å². The number of carbonyl (C=O) groups is 2. The number of amides is 2. The average molecular weight is 553 g/mol. The van der Waals surface area contributed by atoms with Gasteiger partial charge in [-0.2, -0.15) is 5.10 Å². The van der Waals surface area contributed by atoms with Crippen LogP contribution < -0.4 is 10.7 Å². The zero-order valence-electron chi connectivity index (χ0n) is 17.1. The fourth-order valence-electron chi connectivity index (χ4n) is 2.64. The van der Waals surface area contributed by atoms with Gasteiger partial charge in [0.2, 0.25) is 0 Å². The number of rotatable bonds is 8. The predicted octanol–water partition coefficient (Wildman–Crippen LogP) is 4.37. The molecule has 33 heavy (non-hydrogen) atoms. The number of thiophene rings is 2. The van der Waals surface area contributed by atoms with E-state index in [4.69, 9.17) is 27.9 Å².